The minimum atomic E-state index is -1.45. The quantitative estimate of drug-likeness (QED) is 0.650. The number of thiazole rings is 1. The molecule has 0 saturated carbocycles. The van der Waals surface area contributed by atoms with Gasteiger partial charge in [0, 0.05) is 44.0 Å². The molecule has 7 nitrogen and oxygen atoms in total. The highest BCUT2D eigenvalue weighted by molar-refractivity contribution is 7.09. The molecule has 160 valence electrons. The van der Waals surface area contributed by atoms with E-state index in [2.05, 4.69) is 9.88 Å². The van der Waals surface area contributed by atoms with Crippen LogP contribution >= 0.6 is 23.7 Å². The molecule has 3 aromatic rings. The lowest BCUT2D eigenvalue weighted by Crippen LogP contribution is -2.45. The van der Waals surface area contributed by atoms with E-state index in [1.807, 2.05) is 7.05 Å². The number of carbonyl (C=O) groups is 1. The SMILES string of the molecule is CN1CCN(c2c(F)cc3c(=O)c(C(=O)O)cn(Cc4nccs4)c3c2F)CC1.Cl. The molecule has 1 aliphatic rings. The summed E-state index contributed by atoms with van der Waals surface area (Å²) in [6, 6.07) is 0.944. The van der Waals surface area contributed by atoms with Crippen molar-refractivity contribution in [2.45, 2.75) is 6.54 Å². The predicted octanol–water partition coefficient (Wildman–Crippen LogP) is 2.66. The number of rotatable bonds is 4. The van der Waals surface area contributed by atoms with Crippen molar-refractivity contribution in [3.05, 3.63) is 56.3 Å². The summed E-state index contributed by atoms with van der Waals surface area (Å²) in [7, 11) is 1.93. The standard InChI is InChI=1S/C19H18F2N4O3S.ClH/c1-23-3-5-24(6-4-23)17-13(20)8-11-16(15(17)21)25(10-14-22-2-7-29-14)9-12(18(11)26)19(27)28;/h2,7-9H,3-6,10H2,1H3,(H,27,28);1H. The fourth-order valence-electron chi connectivity index (χ4n) is 3.55. The van der Waals surface area contributed by atoms with Gasteiger partial charge in [-0.25, -0.2) is 18.6 Å². The van der Waals surface area contributed by atoms with E-state index in [0.29, 0.717) is 31.2 Å². The summed E-state index contributed by atoms with van der Waals surface area (Å²) < 4.78 is 31.8. The van der Waals surface area contributed by atoms with Crippen molar-refractivity contribution in [2.24, 2.45) is 0 Å². The molecular weight excluding hydrogens is 438 g/mol. The minimum absolute atomic E-state index is 0. The van der Waals surface area contributed by atoms with Crippen molar-refractivity contribution in [1.82, 2.24) is 14.5 Å². The number of pyridine rings is 1. The topological polar surface area (TPSA) is 78.7 Å². The molecular formula is C19H19ClF2N4O3S. The Morgan fingerprint density at radius 1 is 1.27 bits per heavy atom. The second-order valence-corrected chi connectivity index (χ2v) is 7.92. The van der Waals surface area contributed by atoms with Crippen molar-refractivity contribution in [3.8, 4) is 0 Å². The van der Waals surface area contributed by atoms with Gasteiger partial charge in [-0.05, 0) is 13.1 Å². The molecule has 30 heavy (non-hydrogen) atoms. The molecule has 11 heteroatoms. The molecule has 0 bridgehead atoms. The van der Waals surface area contributed by atoms with E-state index in [4.69, 9.17) is 0 Å². The van der Waals surface area contributed by atoms with E-state index in [9.17, 15) is 19.1 Å². The molecule has 4 rings (SSSR count). The second kappa shape index (κ2) is 8.66. The number of hydrogen-bond acceptors (Lipinski definition) is 6. The average Bonchev–Trinajstić information content (AvgIpc) is 3.18. The number of hydrogen-bond donors (Lipinski definition) is 1. The fraction of sp³-hybridized carbons (Fsp3) is 0.316. The lowest BCUT2D eigenvalue weighted by molar-refractivity contribution is 0.0695. The van der Waals surface area contributed by atoms with Gasteiger partial charge in [0.15, 0.2) is 5.82 Å². The molecule has 1 fully saturated rings. The van der Waals surface area contributed by atoms with Crippen molar-refractivity contribution in [1.29, 1.82) is 0 Å². The zero-order valence-corrected chi connectivity index (χ0v) is 17.6. The number of fused-ring (bicyclic) bond motifs is 1. The monoisotopic (exact) mass is 456 g/mol. The third-order valence-electron chi connectivity index (χ3n) is 5.07. The van der Waals surface area contributed by atoms with Crippen LogP contribution in [-0.4, -0.2) is 58.8 Å². The van der Waals surface area contributed by atoms with Crippen LogP contribution in [0.2, 0.25) is 0 Å². The maximum atomic E-state index is 15.6. The second-order valence-electron chi connectivity index (χ2n) is 6.94. The van der Waals surface area contributed by atoms with Gasteiger partial charge in [0.2, 0.25) is 5.43 Å². The lowest BCUT2D eigenvalue weighted by Gasteiger charge is -2.34. The number of anilines is 1. The van der Waals surface area contributed by atoms with E-state index in [0.717, 1.165) is 12.3 Å². The van der Waals surface area contributed by atoms with Crippen LogP contribution < -0.4 is 10.3 Å². The normalized spacial score (nSPS) is 14.7. The number of piperazine rings is 1. The Hall–Kier alpha value is -2.56. The molecule has 0 spiro atoms. The van der Waals surface area contributed by atoms with E-state index < -0.39 is 28.6 Å². The molecule has 0 atom stereocenters. The van der Waals surface area contributed by atoms with Gasteiger partial charge in [-0.3, -0.25) is 4.79 Å². The molecule has 1 N–H and O–H groups in total. The van der Waals surface area contributed by atoms with Crippen LogP contribution in [0, 0.1) is 11.6 Å². The first-order valence-electron chi connectivity index (χ1n) is 8.97. The number of carboxylic acid groups (broad SMARTS) is 1. The van der Waals surface area contributed by atoms with Gasteiger partial charge >= 0.3 is 5.97 Å². The molecule has 1 aromatic carbocycles. The van der Waals surface area contributed by atoms with Gasteiger partial charge in [-0.2, -0.15) is 0 Å². The lowest BCUT2D eigenvalue weighted by atomic mass is 10.1. The van der Waals surface area contributed by atoms with E-state index in [1.54, 1.807) is 16.5 Å². The smallest absolute Gasteiger partial charge is 0.341 e. The Bertz CT molecular complexity index is 1150. The summed E-state index contributed by atoms with van der Waals surface area (Å²) in [5.41, 5.74) is -1.77. The molecule has 0 aliphatic carbocycles. The Labute approximate surface area is 180 Å². The predicted molar refractivity (Wildman–Crippen MR) is 113 cm³/mol. The zero-order valence-electron chi connectivity index (χ0n) is 16.0. The number of halogens is 3. The first-order valence-corrected chi connectivity index (χ1v) is 9.85. The summed E-state index contributed by atoms with van der Waals surface area (Å²) >= 11 is 1.32. The molecule has 0 unspecified atom stereocenters. The summed E-state index contributed by atoms with van der Waals surface area (Å²) in [4.78, 5) is 31.9. The van der Waals surface area contributed by atoms with Crippen LogP contribution in [0.15, 0.2) is 28.6 Å². The highest BCUT2D eigenvalue weighted by atomic mass is 35.5. The molecule has 0 amide bonds. The van der Waals surface area contributed by atoms with Crippen molar-refractivity contribution >= 4 is 46.3 Å². The Kier molecular flexibility index (Phi) is 6.39. The first kappa shape index (κ1) is 22.1. The van der Waals surface area contributed by atoms with Crippen LogP contribution in [0.3, 0.4) is 0 Å². The first-order chi connectivity index (χ1) is 13.9. The number of nitrogens with zero attached hydrogens (tertiary/aromatic N) is 4. The van der Waals surface area contributed by atoms with Crippen molar-refractivity contribution in [2.75, 3.05) is 38.1 Å². The van der Waals surface area contributed by atoms with Gasteiger partial charge in [0.1, 0.15) is 22.1 Å². The summed E-state index contributed by atoms with van der Waals surface area (Å²) in [6.07, 6.45) is 2.68. The number of carboxylic acids is 1. The van der Waals surface area contributed by atoms with Crippen molar-refractivity contribution in [3.63, 3.8) is 0 Å². The van der Waals surface area contributed by atoms with E-state index in [1.165, 1.54) is 15.9 Å². The summed E-state index contributed by atoms with van der Waals surface area (Å²) in [5, 5.41) is 11.4. The summed E-state index contributed by atoms with van der Waals surface area (Å²) in [5.74, 6) is -3.19. The maximum Gasteiger partial charge on any atom is 0.341 e. The molecule has 1 aliphatic heterocycles. The fourth-order valence-corrected chi connectivity index (χ4v) is 4.16. The third kappa shape index (κ3) is 3.90. The largest absolute Gasteiger partial charge is 0.477 e. The Morgan fingerprint density at radius 2 is 1.97 bits per heavy atom. The van der Waals surface area contributed by atoms with E-state index >= 15 is 4.39 Å². The van der Waals surface area contributed by atoms with Crippen LogP contribution in [0.1, 0.15) is 15.4 Å². The van der Waals surface area contributed by atoms with Gasteiger partial charge in [0.05, 0.1) is 17.4 Å². The minimum Gasteiger partial charge on any atom is -0.477 e. The number of aromatic carboxylic acids is 1. The third-order valence-corrected chi connectivity index (χ3v) is 5.83. The van der Waals surface area contributed by atoms with Crippen molar-refractivity contribution < 1.29 is 18.7 Å². The number of aromatic nitrogens is 2. The Morgan fingerprint density at radius 3 is 2.57 bits per heavy atom. The zero-order chi connectivity index (χ0) is 20.7. The Balaban J connectivity index is 0.00000256. The number of likely N-dealkylation sites (N-methyl/N-ethyl adjacent to an activating group) is 1. The summed E-state index contributed by atoms with van der Waals surface area (Å²) in [6.45, 7) is 2.26. The van der Waals surface area contributed by atoms with Crippen LogP contribution in [0.25, 0.3) is 10.9 Å². The number of benzene rings is 1. The molecule has 1 saturated heterocycles. The van der Waals surface area contributed by atoms with Gasteiger partial charge in [0.25, 0.3) is 0 Å². The van der Waals surface area contributed by atoms with Crippen LogP contribution in [0.5, 0.6) is 0 Å². The van der Waals surface area contributed by atoms with Gasteiger partial charge in [-0.15, -0.1) is 23.7 Å². The van der Waals surface area contributed by atoms with Gasteiger partial charge in [-0.1, -0.05) is 0 Å². The van der Waals surface area contributed by atoms with Gasteiger partial charge < -0.3 is 19.5 Å². The van der Waals surface area contributed by atoms with E-state index in [-0.39, 0.29) is 35.5 Å². The maximum absolute atomic E-state index is 15.6. The molecule has 3 heterocycles. The molecule has 2 aromatic heterocycles. The van der Waals surface area contributed by atoms with Crippen LogP contribution in [-0.2, 0) is 6.54 Å². The highest BCUT2D eigenvalue weighted by Crippen LogP contribution is 2.31. The molecule has 0 radical (unpaired) electrons. The highest BCUT2D eigenvalue weighted by Gasteiger charge is 2.26. The average molecular weight is 457 g/mol. The van der Waals surface area contributed by atoms with Crippen LogP contribution in [0.4, 0.5) is 14.5 Å².